The highest BCUT2D eigenvalue weighted by atomic mass is 35.5. The van der Waals surface area contributed by atoms with Crippen LogP contribution >= 0.6 is 69.6 Å². The molecule has 1 aliphatic carbocycles. The SMILES string of the molecule is NC(=O)C1(c2ccc(Cl)c(NC(=O)c3ccccc3Cl)c2)C(c2cc(Cl)cc(Cl)c2)C1(Cl)Cl. The lowest BCUT2D eigenvalue weighted by atomic mass is 9.89. The van der Waals surface area contributed by atoms with Crippen LogP contribution in [0.1, 0.15) is 27.4 Å². The van der Waals surface area contributed by atoms with Crippen molar-refractivity contribution in [2.24, 2.45) is 5.73 Å². The predicted octanol–water partition coefficient (Wildman–Crippen LogP) is 7.25. The Balaban J connectivity index is 1.78. The highest BCUT2D eigenvalue weighted by Gasteiger charge is 2.80. The molecule has 2 atom stereocenters. The summed E-state index contributed by atoms with van der Waals surface area (Å²) in [5, 5.41) is 3.93. The van der Waals surface area contributed by atoms with Gasteiger partial charge >= 0.3 is 0 Å². The molecule has 170 valence electrons. The fourth-order valence-corrected chi connectivity index (χ4v) is 6.14. The second kappa shape index (κ2) is 8.84. The van der Waals surface area contributed by atoms with Gasteiger partial charge in [0.15, 0.2) is 0 Å². The van der Waals surface area contributed by atoms with Gasteiger partial charge in [0.2, 0.25) is 5.91 Å². The van der Waals surface area contributed by atoms with Crippen molar-refractivity contribution < 1.29 is 9.59 Å². The Labute approximate surface area is 219 Å². The summed E-state index contributed by atoms with van der Waals surface area (Å²) in [4.78, 5) is 25.5. The summed E-state index contributed by atoms with van der Waals surface area (Å²) in [6.45, 7) is 0. The number of benzene rings is 3. The van der Waals surface area contributed by atoms with Crippen LogP contribution in [0, 0.1) is 0 Å². The molecule has 1 aliphatic rings. The van der Waals surface area contributed by atoms with Gasteiger partial charge in [-0.15, -0.1) is 0 Å². The fourth-order valence-electron chi connectivity index (χ4n) is 4.11. The molecule has 0 heterocycles. The molecule has 0 bridgehead atoms. The van der Waals surface area contributed by atoms with Gasteiger partial charge in [0.05, 0.1) is 21.3 Å². The second-order valence-electron chi connectivity index (χ2n) is 7.56. The first kappa shape index (κ1) is 24.5. The van der Waals surface area contributed by atoms with Crippen molar-refractivity contribution in [1.29, 1.82) is 0 Å². The molecule has 2 amide bonds. The Morgan fingerprint density at radius 1 is 0.848 bits per heavy atom. The highest BCUT2D eigenvalue weighted by Crippen LogP contribution is 2.74. The molecule has 0 aromatic heterocycles. The molecule has 33 heavy (non-hydrogen) atoms. The van der Waals surface area contributed by atoms with E-state index in [9.17, 15) is 9.59 Å². The van der Waals surface area contributed by atoms with Gasteiger partial charge in [0, 0.05) is 16.0 Å². The summed E-state index contributed by atoms with van der Waals surface area (Å²) in [6.07, 6.45) is 0. The number of nitrogens with one attached hydrogen (secondary N) is 1. The molecule has 0 spiro atoms. The summed E-state index contributed by atoms with van der Waals surface area (Å²) < 4.78 is -1.59. The van der Waals surface area contributed by atoms with Gasteiger partial charge in [-0.05, 0) is 53.6 Å². The van der Waals surface area contributed by atoms with Gasteiger partial charge in [-0.3, -0.25) is 9.59 Å². The van der Waals surface area contributed by atoms with Gasteiger partial charge in [-0.2, -0.15) is 0 Å². The molecule has 4 rings (SSSR count). The zero-order chi connectivity index (χ0) is 24.1. The van der Waals surface area contributed by atoms with Gasteiger partial charge in [-0.25, -0.2) is 0 Å². The number of primary amides is 1. The monoisotopic (exact) mass is 560 g/mol. The number of hydrogen-bond acceptors (Lipinski definition) is 2. The molecule has 2 unspecified atom stereocenters. The maximum absolute atomic E-state index is 12.8. The van der Waals surface area contributed by atoms with Crippen LogP contribution in [0.15, 0.2) is 60.7 Å². The van der Waals surface area contributed by atoms with Crippen molar-refractivity contribution in [3.63, 3.8) is 0 Å². The van der Waals surface area contributed by atoms with E-state index in [1.165, 1.54) is 12.1 Å². The van der Waals surface area contributed by atoms with Gasteiger partial charge in [0.25, 0.3) is 5.91 Å². The molecule has 0 aliphatic heterocycles. The predicted molar refractivity (Wildman–Crippen MR) is 135 cm³/mol. The molecule has 10 heteroatoms. The Morgan fingerprint density at radius 2 is 1.48 bits per heavy atom. The zero-order valence-electron chi connectivity index (χ0n) is 16.5. The largest absolute Gasteiger partial charge is 0.369 e. The van der Waals surface area contributed by atoms with Crippen LogP contribution in [-0.2, 0) is 10.2 Å². The third-order valence-corrected chi connectivity index (χ3v) is 7.76. The smallest absolute Gasteiger partial charge is 0.257 e. The minimum atomic E-state index is -1.59. The molecular weight excluding hydrogens is 549 g/mol. The van der Waals surface area contributed by atoms with Crippen molar-refractivity contribution in [3.8, 4) is 0 Å². The average Bonchev–Trinajstić information content (AvgIpc) is 3.26. The second-order valence-corrected chi connectivity index (χ2v) is 10.6. The summed E-state index contributed by atoms with van der Waals surface area (Å²) in [6, 6.07) is 16.0. The minimum absolute atomic E-state index is 0.233. The van der Waals surface area contributed by atoms with Crippen LogP contribution in [-0.4, -0.2) is 16.1 Å². The number of nitrogens with two attached hydrogens (primary N) is 1. The maximum atomic E-state index is 12.8. The van der Waals surface area contributed by atoms with Crippen molar-refractivity contribution in [2.45, 2.75) is 15.7 Å². The minimum Gasteiger partial charge on any atom is -0.369 e. The number of carbonyl (C=O) groups is 2. The van der Waals surface area contributed by atoms with Gasteiger partial charge < -0.3 is 11.1 Å². The van der Waals surface area contributed by atoms with E-state index in [0.717, 1.165) is 0 Å². The molecule has 1 saturated carbocycles. The summed E-state index contributed by atoms with van der Waals surface area (Å²) in [5.74, 6) is -1.97. The number of rotatable bonds is 5. The first-order valence-electron chi connectivity index (χ1n) is 9.49. The number of carbonyl (C=O) groups excluding carboxylic acids is 2. The summed E-state index contributed by atoms with van der Waals surface area (Å²) in [7, 11) is 0. The quantitative estimate of drug-likeness (QED) is 0.322. The molecule has 3 aromatic rings. The molecule has 1 fully saturated rings. The number of amides is 2. The van der Waals surface area contributed by atoms with Crippen LogP contribution in [0.4, 0.5) is 5.69 Å². The van der Waals surface area contributed by atoms with Crippen LogP contribution < -0.4 is 11.1 Å². The fraction of sp³-hybridized carbons (Fsp3) is 0.130. The molecule has 0 radical (unpaired) electrons. The lowest BCUT2D eigenvalue weighted by Crippen LogP contribution is -2.34. The average molecular weight is 563 g/mol. The van der Waals surface area contributed by atoms with Crippen molar-refractivity contribution in [3.05, 3.63) is 97.4 Å². The Morgan fingerprint density at radius 3 is 2.09 bits per heavy atom. The Kier molecular flexibility index (Phi) is 6.56. The number of anilines is 1. The van der Waals surface area contributed by atoms with E-state index < -0.39 is 27.5 Å². The first-order valence-corrected chi connectivity index (χ1v) is 11.8. The van der Waals surface area contributed by atoms with Crippen molar-refractivity contribution >= 4 is 87.1 Å². The van der Waals surface area contributed by atoms with E-state index in [0.29, 0.717) is 21.2 Å². The standard InChI is InChI=1S/C23H14Cl6N2O2/c24-13-7-11(8-14(25)10-13)19-22(21(30)33,23(19,28)29)12-5-6-17(27)18(9-12)31-20(32)15-3-1-2-4-16(15)26/h1-10,19H,(H2,30,33)(H,31,32). The third kappa shape index (κ3) is 4.07. The van der Waals surface area contributed by atoms with Crippen molar-refractivity contribution in [2.75, 3.05) is 5.32 Å². The molecular formula is C23H14Cl6N2O2. The Bertz CT molecular complexity index is 1280. The van der Waals surface area contributed by atoms with Gasteiger partial charge in [-0.1, -0.05) is 87.8 Å². The zero-order valence-corrected chi connectivity index (χ0v) is 21.0. The molecule has 3 N–H and O–H groups in total. The van der Waals surface area contributed by atoms with E-state index in [4.69, 9.17) is 75.3 Å². The third-order valence-electron chi connectivity index (χ3n) is 5.63. The van der Waals surface area contributed by atoms with E-state index in [1.54, 1.807) is 48.5 Å². The highest BCUT2D eigenvalue weighted by molar-refractivity contribution is 6.55. The van der Waals surface area contributed by atoms with E-state index in [-0.39, 0.29) is 21.3 Å². The van der Waals surface area contributed by atoms with E-state index in [2.05, 4.69) is 5.32 Å². The summed E-state index contributed by atoms with van der Waals surface area (Å²) in [5.41, 5.74) is 5.73. The van der Waals surface area contributed by atoms with E-state index in [1.807, 2.05) is 0 Å². The van der Waals surface area contributed by atoms with Gasteiger partial charge in [0.1, 0.15) is 9.75 Å². The van der Waals surface area contributed by atoms with E-state index >= 15 is 0 Å². The van der Waals surface area contributed by atoms with Crippen LogP contribution in [0.5, 0.6) is 0 Å². The van der Waals surface area contributed by atoms with Crippen LogP contribution in [0.25, 0.3) is 0 Å². The molecule has 3 aromatic carbocycles. The molecule has 0 saturated heterocycles. The Hall–Kier alpha value is -1.66. The number of halogens is 6. The van der Waals surface area contributed by atoms with Crippen LogP contribution in [0.2, 0.25) is 20.1 Å². The topological polar surface area (TPSA) is 72.2 Å². The number of alkyl halides is 2. The first-order chi connectivity index (χ1) is 15.5. The summed E-state index contributed by atoms with van der Waals surface area (Å²) >= 11 is 38.0. The van der Waals surface area contributed by atoms with Crippen LogP contribution in [0.3, 0.4) is 0 Å². The lowest BCUT2D eigenvalue weighted by Gasteiger charge is -2.18. The lowest BCUT2D eigenvalue weighted by molar-refractivity contribution is -0.120. The maximum Gasteiger partial charge on any atom is 0.257 e. The normalized spacial score (nSPS) is 20.8. The van der Waals surface area contributed by atoms with Crippen molar-refractivity contribution in [1.82, 2.24) is 0 Å². The number of hydrogen-bond donors (Lipinski definition) is 2. The molecule has 4 nitrogen and oxygen atoms in total.